The van der Waals surface area contributed by atoms with Crippen LogP contribution >= 0.6 is 31.9 Å². The molecule has 2 nitrogen and oxygen atoms in total. The van der Waals surface area contributed by atoms with Gasteiger partial charge in [-0.3, -0.25) is 0 Å². The summed E-state index contributed by atoms with van der Waals surface area (Å²) in [5, 5.41) is 5.49. The summed E-state index contributed by atoms with van der Waals surface area (Å²) in [7, 11) is 2.15. The molecule has 0 atom stereocenters. The molecule has 1 aliphatic rings. The predicted octanol–water partition coefficient (Wildman–Crippen LogP) is 1.69. The molecule has 0 unspecified atom stereocenters. The maximum Gasteiger partial charge on any atom is 0.0104 e. The Labute approximate surface area is 92.3 Å². The normalized spacial score (nSPS) is 18.2. The summed E-state index contributed by atoms with van der Waals surface area (Å²) < 4.78 is 0. The van der Waals surface area contributed by atoms with E-state index in [-0.39, 0.29) is 0 Å². The first-order valence-corrected chi connectivity index (χ1v) is 6.56. The Bertz CT molecular complexity index is 83.1. The molecule has 0 spiro atoms. The quantitative estimate of drug-likeness (QED) is 0.781. The maximum absolute atomic E-state index is 3.28. The Morgan fingerprint density at radius 2 is 1.67 bits per heavy atom. The van der Waals surface area contributed by atoms with Crippen molar-refractivity contribution in [3.05, 3.63) is 0 Å². The number of nitrogens with one attached hydrogen (secondary N) is 1. The number of piperazine rings is 1. The van der Waals surface area contributed by atoms with Crippen LogP contribution in [0.1, 0.15) is 6.42 Å². The van der Waals surface area contributed by atoms with Crippen molar-refractivity contribution in [1.82, 2.24) is 10.2 Å². The van der Waals surface area contributed by atoms with Gasteiger partial charge in [0.05, 0.1) is 0 Å². The number of hydrogen-bond acceptors (Lipinski definition) is 2. The number of alkyl halides is 2. The number of rotatable bonds is 2. The van der Waals surface area contributed by atoms with Crippen LogP contribution in [0, 0.1) is 0 Å². The summed E-state index contributed by atoms with van der Waals surface area (Å²) >= 11 is 6.56. The zero-order valence-corrected chi connectivity index (χ0v) is 10.8. The van der Waals surface area contributed by atoms with E-state index in [0.29, 0.717) is 0 Å². The van der Waals surface area contributed by atoms with Crippen LogP contribution in [0.2, 0.25) is 0 Å². The highest BCUT2D eigenvalue weighted by molar-refractivity contribution is 9.09. The molecule has 1 heterocycles. The second-order valence-electron chi connectivity index (χ2n) is 2.78. The van der Waals surface area contributed by atoms with Crippen LogP contribution in [0.5, 0.6) is 0 Å². The third-order valence-corrected chi connectivity index (χ3v) is 2.73. The van der Waals surface area contributed by atoms with Crippen molar-refractivity contribution in [2.45, 2.75) is 6.42 Å². The molecule has 74 valence electrons. The van der Waals surface area contributed by atoms with E-state index in [2.05, 4.69) is 49.1 Å². The molecule has 1 aliphatic heterocycles. The summed E-state index contributed by atoms with van der Waals surface area (Å²) in [4.78, 5) is 2.33. The lowest BCUT2D eigenvalue weighted by Gasteiger charge is -2.21. The Morgan fingerprint density at radius 1 is 1.17 bits per heavy atom. The van der Waals surface area contributed by atoms with Gasteiger partial charge in [0, 0.05) is 36.8 Å². The standard InChI is InChI=1S/C5H12N2.C3H6Br2/c1-7-4-2-6-3-5-7;4-2-1-3-5/h6H,2-5H2,1H3;1-3H2. The number of hydrogen-bond donors (Lipinski definition) is 1. The maximum atomic E-state index is 3.28. The van der Waals surface area contributed by atoms with Gasteiger partial charge in [-0.1, -0.05) is 31.9 Å². The van der Waals surface area contributed by atoms with Crippen LogP contribution in [0.3, 0.4) is 0 Å². The third kappa shape index (κ3) is 8.97. The van der Waals surface area contributed by atoms with Crippen molar-refractivity contribution in [2.24, 2.45) is 0 Å². The zero-order chi connectivity index (χ0) is 9.23. The summed E-state index contributed by atoms with van der Waals surface area (Å²) in [6.45, 7) is 4.74. The largest absolute Gasteiger partial charge is 0.314 e. The first-order chi connectivity index (χ1) is 5.81. The fraction of sp³-hybridized carbons (Fsp3) is 1.00. The SMILES string of the molecule is BrCCCBr.CN1CCNCC1. The predicted molar refractivity (Wildman–Crippen MR) is 62.6 cm³/mol. The van der Waals surface area contributed by atoms with Gasteiger partial charge in [0.15, 0.2) is 0 Å². The van der Waals surface area contributed by atoms with E-state index in [9.17, 15) is 0 Å². The molecule has 0 aromatic rings. The molecule has 1 saturated heterocycles. The highest BCUT2D eigenvalue weighted by Crippen LogP contribution is 1.90. The third-order valence-electron chi connectivity index (χ3n) is 1.61. The molecule has 0 radical (unpaired) electrons. The van der Waals surface area contributed by atoms with Crippen LogP contribution in [-0.2, 0) is 0 Å². The molecule has 0 bridgehead atoms. The molecule has 12 heavy (non-hydrogen) atoms. The molecule has 1 N–H and O–H groups in total. The fourth-order valence-corrected chi connectivity index (χ4v) is 2.14. The van der Waals surface area contributed by atoms with Gasteiger partial charge in [0.1, 0.15) is 0 Å². The molecule has 1 rings (SSSR count). The van der Waals surface area contributed by atoms with Crippen LogP contribution in [-0.4, -0.2) is 48.8 Å². The van der Waals surface area contributed by atoms with Crippen molar-refractivity contribution < 1.29 is 0 Å². The molecule has 0 amide bonds. The summed E-state index contributed by atoms with van der Waals surface area (Å²) in [6.07, 6.45) is 1.22. The van der Waals surface area contributed by atoms with Gasteiger partial charge in [-0.25, -0.2) is 0 Å². The van der Waals surface area contributed by atoms with Gasteiger partial charge in [-0.15, -0.1) is 0 Å². The minimum Gasteiger partial charge on any atom is -0.314 e. The first kappa shape index (κ1) is 12.9. The Kier molecular flexibility index (Phi) is 10.7. The lowest BCUT2D eigenvalue weighted by Crippen LogP contribution is -2.40. The van der Waals surface area contributed by atoms with E-state index in [1.165, 1.54) is 19.5 Å². The highest BCUT2D eigenvalue weighted by Gasteiger charge is 2.01. The average Bonchev–Trinajstić information content (AvgIpc) is 2.08. The Balaban J connectivity index is 0.000000217. The van der Waals surface area contributed by atoms with E-state index in [1.807, 2.05) is 0 Å². The fourth-order valence-electron chi connectivity index (χ4n) is 0.827. The number of likely N-dealkylation sites (N-methyl/N-ethyl adjacent to an activating group) is 1. The second-order valence-corrected chi connectivity index (χ2v) is 4.37. The molecule has 0 aromatic carbocycles. The van der Waals surface area contributed by atoms with E-state index < -0.39 is 0 Å². The number of halogens is 2. The Hall–Kier alpha value is 0.880. The van der Waals surface area contributed by atoms with E-state index in [0.717, 1.165) is 23.7 Å². The summed E-state index contributed by atoms with van der Waals surface area (Å²) in [6, 6.07) is 0. The second kappa shape index (κ2) is 9.96. The van der Waals surface area contributed by atoms with Gasteiger partial charge < -0.3 is 10.2 Å². The number of nitrogens with zero attached hydrogens (tertiary/aromatic N) is 1. The molecular weight excluding hydrogens is 284 g/mol. The monoisotopic (exact) mass is 300 g/mol. The van der Waals surface area contributed by atoms with Crippen LogP contribution in [0.15, 0.2) is 0 Å². The van der Waals surface area contributed by atoms with Crippen molar-refractivity contribution in [2.75, 3.05) is 43.9 Å². The van der Waals surface area contributed by atoms with Crippen molar-refractivity contribution in [3.8, 4) is 0 Å². The van der Waals surface area contributed by atoms with Crippen LogP contribution in [0.4, 0.5) is 0 Å². The average molecular weight is 302 g/mol. The van der Waals surface area contributed by atoms with Crippen molar-refractivity contribution >= 4 is 31.9 Å². The molecule has 0 aromatic heterocycles. The minimum absolute atomic E-state index is 1.11. The van der Waals surface area contributed by atoms with Crippen molar-refractivity contribution in [3.63, 3.8) is 0 Å². The first-order valence-electron chi connectivity index (χ1n) is 4.32. The van der Waals surface area contributed by atoms with E-state index in [4.69, 9.17) is 0 Å². The molecule has 0 saturated carbocycles. The molecule has 0 aliphatic carbocycles. The minimum atomic E-state index is 1.11. The van der Waals surface area contributed by atoms with Crippen LogP contribution < -0.4 is 5.32 Å². The molecule has 4 heteroatoms. The van der Waals surface area contributed by atoms with E-state index >= 15 is 0 Å². The van der Waals surface area contributed by atoms with E-state index in [1.54, 1.807) is 0 Å². The summed E-state index contributed by atoms with van der Waals surface area (Å²) in [5.74, 6) is 0. The zero-order valence-electron chi connectivity index (χ0n) is 7.65. The summed E-state index contributed by atoms with van der Waals surface area (Å²) in [5.41, 5.74) is 0. The highest BCUT2D eigenvalue weighted by atomic mass is 79.9. The smallest absolute Gasteiger partial charge is 0.0104 e. The molecule has 1 fully saturated rings. The van der Waals surface area contributed by atoms with Gasteiger partial charge in [-0.2, -0.15) is 0 Å². The van der Waals surface area contributed by atoms with Gasteiger partial charge in [0.2, 0.25) is 0 Å². The lowest BCUT2D eigenvalue weighted by atomic mass is 10.4. The van der Waals surface area contributed by atoms with Crippen LogP contribution in [0.25, 0.3) is 0 Å². The topological polar surface area (TPSA) is 15.3 Å². The van der Waals surface area contributed by atoms with Crippen molar-refractivity contribution in [1.29, 1.82) is 0 Å². The van der Waals surface area contributed by atoms with Gasteiger partial charge in [-0.05, 0) is 13.5 Å². The Morgan fingerprint density at radius 3 is 1.83 bits per heavy atom. The van der Waals surface area contributed by atoms with Gasteiger partial charge >= 0.3 is 0 Å². The lowest BCUT2D eigenvalue weighted by molar-refractivity contribution is 0.291. The molecular formula is C8H18Br2N2. The van der Waals surface area contributed by atoms with Gasteiger partial charge in [0.25, 0.3) is 0 Å².